The van der Waals surface area contributed by atoms with Gasteiger partial charge in [-0.1, -0.05) is 0 Å². The number of nitrogens with zero attached hydrogens (tertiary/aromatic N) is 1. The fourth-order valence-corrected chi connectivity index (χ4v) is 3.12. The third-order valence-corrected chi connectivity index (χ3v) is 4.07. The normalized spacial score (nSPS) is 18.3. The van der Waals surface area contributed by atoms with Crippen molar-refractivity contribution in [1.82, 2.24) is 10.3 Å². The van der Waals surface area contributed by atoms with Crippen LogP contribution in [0.5, 0.6) is 0 Å². The molecule has 1 aromatic heterocycles. The first-order valence-electron chi connectivity index (χ1n) is 6.14. The zero-order valence-corrected chi connectivity index (χ0v) is 12.2. The van der Waals surface area contributed by atoms with E-state index in [1.807, 2.05) is 25.1 Å². The number of hydrogen-bond donors (Lipinski definition) is 2. The van der Waals surface area contributed by atoms with E-state index in [0.29, 0.717) is 0 Å². The number of nitrogens with one attached hydrogen (secondary N) is 2. The van der Waals surface area contributed by atoms with E-state index in [1.165, 1.54) is 0 Å². The molecular formula is C13H16ClN3OS. The van der Waals surface area contributed by atoms with E-state index in [1.54, 1.807) is 11.3 Å². The van der Waals surface area contributed by atoms with Gasteiger partial charge in [0.2, 0.25) is 5.91 Å². The van der Waals surface area contributed by atoms with Crippen LogP contribution in [0.3, 0.4) is 0 Å². The van der Waals surface area contributed by atoms with Crippen molar-refractivity contribution in [3.63, 3.8) is 0 Å². The van der Waals surface area contributed by atoms with Crippen molar-refractivity contribution in [2.24, 2.45) is 0 Å². The largest absolute Gasteiger partial charge is 0.325 e. The molecule has 4 nitrogen and oxygen atoms in total. The molecule has 1 atom stereocenters. The van der Waals surface area contributed by atoms with Crippen LogP contribution >= 0.6 is 23.7 Å². The van der Waals surface area contributed by atoms with Crippen LogP contribution < -0.4 is 10.6 Å². The van der Waals surface area contributed by atoms with Gasteiger partial charge in [-0.3, -0.25) is 4.79 Å². The molecule has 0 radical (unpaired) electrons. The first-order chi connectivity index (χ1) is 8.72. The summed E-state index contributed by atoms with van der Waals surface area (Å²) in [5.74, 6) is 0.0630. The van der Waals surface area contributed by atoms with Gasteiger partial charge in [0.15, 0.2) is 0 Å². The number of carbonyl (C=O) groups is 1. The second kappa shape index (κ2) is 5.86. The van der Waals surface area contributed by atoms with E-state index in [0.717, 1.165) is 40.3 Å². The Labute approximate surface area is 122 Å². The molecule has 19 heavy (non-hydrogen) atoms. The standard InChI is InChI=1S/C13H15N3OS.ClH/c1-8-15-10-5-4-9(7-12(10)18-8)16-13(17)11-3-2-6-14-11;/h4-5,7,11,14H,2-3,6H2,1H3,(H,16,17);1H. The van der Waals surface area contributed by atoms with Crippen LogP contribution in [0.15, 0.2) is 18.2 Å². The fraction of sp³-hybridized carbons (Fsp3) is 0.385. The number of hydrogen-bond acceptors (Lipinski definition) is 4. The van der Waals surface area contributed by atoms with Crippen LogP contribution in [0.1, 0.15) is 17.8 Å². The molecule has 0 saturated carbocycles. The highest BCUT2D eigenvalue weighted by Crippen LogP contribution is 2.25. The summed E-state index contributed by atoms with van der Waals surface area (Å²) in [6, 6.07) is 5.82. The molecule has 0 aliphatic carbocycles. The molecule has 6 heteroatoms. The van der Waals surface area contributed by atoms with Gasteiger partial charge in [0.1, 0.15) is 0 Å². The number of anilines is 1. The van der Waals surface area contributed by atoms with Crippen molar-refractivity contribution in [1.29, 1.82) is 0 Å². The summed E-state index contributed by atoms with van der Waals surface area (Å²) in [6.07, 6.45) is 2.00. The number of halogens is 1. The van der Waals surface area contributed by atoms with Gasteiger partial charge in [0.05, 0.1) is 21.3 Å². The summed E-state index contributed by atoms with van der Waals surface area (Å²) in [6.45, 7) is 2.93. The van der Waals surface area contributed by atoms with Gasteiger partial charge in [-0.05, 0) is 44.5 Å². The highest BCUT2D eigenvalue weighted by Gasteiger charge is 2.21. The lowest BCUT2D eigenvalue weighted by Gasteiger charge is -2.10. The topological polar surface area (TPSA) is 54.0 Å². The summed E-state index contributed by atoms with van der Waals surface area (Å²) < 4.78 is 1.12. The van der Waals surface area contributed by atoms with Gasteiger partial charge in [0.25, 0.3) is 0 Å². The molecule has 2 heterocycles. The highest BCUT2D eigenvalue weighted by atomic mass is 35.5. The van der Waals surface area contributed by atoms with E-state index >= 15 is 0 Å². The van der Waals surface area contributed by atoms with Crippen molar-refractivity contribution in [3.8, 4) is 0 Å². The summed E-state index contributed by atoms with van der Waals surface area (Å²) >= 11 is 1.65. The highest BCUT2D eigenvalue weighted by molar-refractivity contribution is 7.18. The van der Waals surface area contributed by atoms with Gasteiger partial charge in [-0.2, -0.15) is 0 Å². The molecule has 2 aromatic rings. The maximum atomic E-state index is 12.0. The summed E-state index contributed by atoms with van der Waals surface area (Å²) in [5.41, 5.74) is 1.85. The number of aryl methyl sites for hydroxylation is 1. The Bertz CT molecular complexity index is 593. The van der Waals surface area contributed by atoms with E-state index < -0.39 is 0 Å². The average molecular weight is 298 g/mol. The minimum atomic E-state index is -0.0381. The molecule has 1 aliphatic rings. The van der Waals surface area contributed by atoms with E-state index in [2.05, 4.69) is 15.6 Å². The van der Waals surface area contributed by atoms with Crippen molar-refractivity contribution in [2.75, 3.05) is 11.9 Å². The van der Waals surface area contributed by atoms with Crippen LogP contribution in [0.4, 0.5) is 5.69 Å². The Morgan fingerprint density at radius 1 is 1.53 bits per heavy atom. The predicted molar refractivity (Wildman–Crippen MR) is 81.3 cm³/mol. The molecule has 1 saturated heterocycles. The SMILES string of the molecule is Cc1nc2ccc(NC(=O)C3CCCN3)cc2s1.Cl. The van der Waals surface area contributed by atoms with Crippen LogP contribution in [0.2, 0.25) is 0 Å². The Hall–Kier alpha value is -1.17. The number of benzene rings is 1. The van der Waals surface area contributed by atoms with Crippen LogP contribution in [0.25, 0.3) is 10.2 Å². The second-order valence-corrected chi connectivity index (χ2v) is 5.79. The lowest BCUT2D eigenvalue weighted by atomic mass is 10.2. The van der Waals surface area contributed by atoms with E-state index in [4.69, 9.17) is 0 Å². The quantitative estimate of drug-likeness (QED) is 0.896. The molecule has 1 fully saturated rings. The monoisotopic (exact) mass is 297 g/mol. The molecule has 1 amide bonds. The van der Waals surface area contributed by atoms with Crippen molar-refractivity contribution in [3.05, 3.63) is 23.2 Å². The Balaban J connectivity index is 0.00000133. The zero-order chi connectivity index (χ0) is 12.5. The Morgan fingerprint density at radius 3 is 3.11 bits per heavy atom. The Morgan fingerprint density at radius 2 is 2.37 bits per heavy atom. The molecule has 1 unspecified atom stereocenters. The third-order valence-electron chi connectivity index (χ3n) is 3.14. The molecule has 1 aliphatic heterocycles. The lowest BCUT2D eigenvalue weighted by Crippen LogP contribution is -2.35. The van der Waals surface area contributed by atoms with Gasteiger partial charge < -0.3 is 10.6 Å². The number of amides is 1. The van der Waals surface area contributed by atoms with Gasteiger partial charge in [0, 0.05) is 5.69 Å². The number of rotatable bonds is 2. The smallest absolute Gasteiger partial charge is 0.241 e. The minimum Gasteiger partial charge on any atom is -0.325 e. The fourth-order valence-electron chi connectivity index (χ4n) is 2.26. The van der Waals surface area contributed by atoms with Crippen molar-refractivity contribution < 1.29 is 4.79 Å². The predicted octanol–water partition coefficient (Wildman–Crippen LogP) is 2.72. The summed E-state index contributed by atoms with van der Waals surface area (Å²) in [4.78, 5) is 16.4. The summed E-state index contributed by atoms with van der Waals surface area (Å²) in [5, 5.41) is 7.21. The molecular weight excluding hydrogens is 282 g/mol. The number of carbonyl (C=O) groups excluding carboxylic acids is 1. The molecule has 1 aromatic carbocycles. The van der Waals surface area contributed by atoms with Crippen LogP contribution in [-0.4, -0.2) is 23.5 Å². The second-order valence-electron chi connectivity index (χ2n) is 4.55. The van der Waals surface area contributed by atoms with Crippen molar-refractivity contribution >= 4 is 45.6 Å². The number of thiazole rings is 1. The number of aromatic nitrogens is 1. The molecule has 0 spiro atoms. The van der Waals surface area contributed by atoms with Gasteiger partial charge in [-0.15, -0.1) is 23.7 Å². The van der Waals surface area contributed by atoms with Crippen molar-refractivity contribution in [2.45, 2.75) is 25.8 Å². The van der Waals surface area contributed by atoms with Gasteiger partial charge >= 0.3 is 0 Å². The van der Waals surface area contributed by atoms with E-state index in [-0.39, 0.29) is 24.4 Å². The van der Waals surface area contributed by atoms with Crippen LogP contribution in [-0.2, 0) is 4.79 Å². The molecule has 0 bridgehead atoms. The Kier molecular flexibility index (Phi) is 4.39. The first kappa shape index (κ1) is 14.2. The summed E-state index contributed by atoms with van der Waals surface area (Å²) in [7, 11) is 0. The maximum Gasteiger partial charge on any atom is 0.241 e. The molecule has 3 rings (SSSR count). The van der Waals surface area contributed by atoms with Crippen LogP contribution in [0, 0.1) is 6.92 Å². The molecule has 102 valence electrons. The maximum absolute atomic E-state index is 12.0. The number of fused-ring (bicyclic) bond motifs is 1. The van der Waals surface area contributed by atoms with E-state index in [9.17, 15) is 4.79 Å². The zero-order valence-electron chi connectivity index (χ0n) is 10.6. The lowest BCUT2D eigenvalue weighted by molar-refractivity contribution is -0.117. The van der Waals surface area contributed by atoms with Gasteiger partial charge in [-0.25, -0.2) is 4.98 Å². The minimum absolute atomic E-state index is 0. The average Bonchev–Trinajstić information content (AvgIpc) is 2.95. The molecule has 2 N–H and O–H groups in total. The third kappa shape index (κ3) is 3.05. The first-order valence-corrected chi connectivity index (χ1v) is 6.95.